The number of nitrogens with zero attached hydrogens (tertiary/aromatic N) is 4. The summed E-state index contributed by atoms with van der Waals surface area (Å²) in [6.45, 7) is 7.70. The molecule has 27 heavy (non-hydrogen) atoms. The van der Waals surface area contributed by atoms with Crippen molar-refractivity contribution in [2.45, 2.75) is 20.8 Å². The molecule has 7 nitrogen and oxygen atoms in total. The van der Waals surface area contributed by atoms with Gasteiger partial charge in [-0.2, -0.15) is 0 Å². The van der Waals surface area contributed by atoms with E-state index in [2.05, 4.69) is 15.3 Å². The van der Waals surface area contributed by atoms with Crippen LogP contribution in [0.15, 0.2) is 42.7 Å². The molecule has 1 N–H and O–H groups in total. The van der Waals surface area contributed by atoms with Crippen molar-refractivity contribution in [2.75, 3.05) is 36.4 Å². The molecule has 0 radical (unpaired) electrons. The van der Waals surface area contributed by atoms with Crippen molar-refractivity contribution in [2.24, 2.45) is 5.41 Å². The first-order chi connectivity index (χ1) is 12.9. The molecule has 2 heterocycles. The molecule has 1 fully saturated rings. The molecule has 2 amide bonds. The summed E-state index contributed by atoms with van der Waals surface area (Å²) >= 11 is 0. The van der Waals surface area contributed by atoms with Crippen molar-refractivity contribution in [1.29, 1.82) is 0 Å². The van der Waals surface area contributed by atoms with Crippen LogP contribution in [-0.4, -0.2) is 52.9 Å². The molecular weight excluding hydrogens is 342 g/mol. The maximum atomic E-state index is 13.0. The zero-order chi connectivity index (χ0) is 19.4. The van der Waals surface area contributed by atoms with Crippen LogP contribution in [0.2, 0.25) is 0 Å². The number of carbonyl (C=O) groups excluding carboxylic acids is 2. The molecule has 7 heteroatoms. The Morgan fingerprint density at radius 1 is 1.00 bits per heavy atom. The highest BCUT2D eigenvalue weighted by atomic mass is 16.2. The Morgan fingerprint density at radius 3 is 2.19 bits per heavy atom. The third-order valence-electron chi connectivity index (χ3n) is 4.81. The quantitative estimate of drug-likeness (QED) is 0.838. The third kappa shape index (κ3) is 4.24. The molecule has 0 saturated carbocycles. The summed E-state index contributed by atoms with van der Waals surface area (Å²) in [6.07, 6.45) is 3.41. The van der Waals surface area contributed by atoms with Crippen LogP contribution in [0.25, 0.3) is 0 Å². The van der Waals surface area contributed by atoms with E-state index >= 15 is 0 Å². The second kappa shape index (κ2) is 7.73. The van der Waals surface area contributed by atoms with Crippen molar-refractivity contribution in [1.82, 2.24) is 14.9 Å². The molecule has 3 rings (SSSR count). The minimum Gasteiger partial charge on any atom is -0.338 e. The second-order valence-electron chi connectivity index (χ2n) is 7.27. The number of carbonyl (C=O) groups is 2. The lowest BCUT2D eigenvalue weighted by molar-refractivity contribution is -0.146. The topological polar surface area (TPSA) is 78.4 Å². The van der Waals surface area contributed by atoms with Crippen molar-refractivity contribution in [3.8, 4) is 0 Å². The van der Waals surface area contributed by atoms with Crippen LogP contribution in [-0.2, 0) is 9.59 Å². The third-order valence-corrected chi connectivity index (χ3v) is 4.81. The van der Waals surface area contributed by atoms with Gasteiger partial charge in [0, 0.05) is 44.3 Å². The van der Waals surface area contributed by atoms with Crippen LogP contribution in [0.5, 0.6) is 0 Å². The number of piperazine rings is 1. The zero-order valence-electron chi connectivity index (χ0n) is 16.0. The molecule has 0 unspecified atom stereocenters. The van der Waals surface area contributed by atoms with Gasteiger partial charge < -0.3 is 15.1 Å². The maximum Gasteiger partial charge on any atom is 0.239 e. The van der Waals surface area contributed by atoms with Crippen LogP contribution < -0.4 is 10.2 Å². The first kappa shape index (κ1) is 18.8. The van der Waals surface area contributed by atoms with E-state index in [4.69, 9.17) is 0 Å². The number of aromatic nitrogens is 2. The highest BCUT2D eigenvalue weighted by Gasteiger charge is 2.40. The fourth-order valence-electron chi connectivity index (χ4n) is 2.98. The summed E-state index contributed by atoms with van der Waals surface area (Å²) in [7, 11) is 0. The molecule has 0 spiro atoms. The van der Waals surface area contributed by atoms with Crippen LogP contribution in [0.1, 0.15) is 19.4 Å². The van der Waals surface area contributed by atoms with Gasteiger partial charge in [-0.15, -0.1) is 0 Å². The van der Waals surface area contributed by atoms with Crippen LogP contribution >= 0.6 is 0 Å². The van der Waals surface area contributed by atoms with Gasteiger partial charge in [0.2, 0.25) is 17.8 Å². The number of benzene rings is 1. The predicted octanol–water partition coefficient (Wildman–Crippen LogP) is 2.10. The summed E-state index contributed by atoms with van der Waals surface area (Å²) in [4.78, 5) is 38.0. The second-order valence-corrected chi connectivity index (χ2v) is 7.27. The van der Waals surface area contributed by atoms with E-state index in [0.717, 1.165) is 5.56 Å². The van der Waals surface area contributed by atoms with Crippen molar-refractivity contribution >= 4 is 23.5 Å². The SMILES string of the molecule is Cc1ccc(NC(=O)C(C)(C)C(=O)N2CCN(c3ncccn3)CC2)cc1. The van der Waals surface area contributed by atoms with E-state index in [9.17, 15) is 9.59 Å². The molecular formula is C20H25N5O2. The maximum absolute atomic E-state index is 13.0. The molecule has 1 saturated heterocycles. The summed E-state index contributed by atoms with van der Waals surface area (Å²) < 4.78 is 0. The Kier molecular flexibility index (Phi) is 5.39. The summed E-state index contributed by atoms with van der Waals surface area (Å²) in [6, 6.07) is 9.31. The number of amides is 2. The Balaban J connectivity index is 1.60. The van der Waals surface area contributed by atoms with Crippen molar-refractivity contribution in [3.05, 3.63) is 48.3 Å². The lowest BCUT2D eigenvalue weighted by Gasteiger charge is -2.38. The van der Waals surface area contributed by atoms with E-state index in [0.29, 0.717) is 37.8 Å². The van der Waals surface area contributed by atoms with Crippen LogP contribution in [0.4, 0.5) is 11.6 Å². The number of hydrogen-bond acceptors (Lipinski definition) is 5. The smallest absolute Gasteiger partial charge is 0.239 e. The van der Waals surface area contributed by atoms with Crippen molar-refractivity contribution < 1.29 is 9.59 Å². The van der Waals surface area contributed by atoms with Gasteiger partial charge in [-0.25, -0.2) is 9.97 Å². The minimum absolute atomic E-state index is 0.166. The Bertz CT molecular complexity index is 797. The predicted molar refractivity (Wildman–Crippen MR) is 104 cm³/mol. The Hall–Kier alpha value is -2.96. The van der Waals surface area contributed by atoms with E-state index < -0.39 is 5.41 Å². The van der Waals surface area contributed by atoms with Gasteiger partial charge in [0.25, 0.3) is 0 Å². The molecule has 1 aromatic carbocycles. The number of anilines is 2. The normalized spacial score (nSPS) is 14.8. The average Bonchev–Trinajstić information content (AvgIpc) is 2.70. The Labute approximate surface area is 159 Å². The highest BCUT2D eigenvalue weighted by Crippen LogP contribution is 2.23. The van der Waals surface area contributed by atoms with Crippen LogP contribution in [0.3, 0.4) is 0 Å². The largest absolute Gasteiger partial charge is 0.338 e. The van der Waals surface area contributed by atoms with Gasteiger partial charge in [-0.3, -0.25) is 9.59 Å². The van der Waals surface area contributed by atoms with Gasteiger partial charge in [-0.05, 0) is 39.0 Å². The van der Waals surface area contributed by atoms with Gasteiger partial charge in [0.15, 0.2) is 0 Å². The fraction of sp³-hybridized carbons (Fsp3) is 0.400. The van der Waals surface area contributed by atoms with Crippen molar-refractivity contribution in [3.63, 3.8) is 0 Å². The monoisotopic (exact) mass is 367 g/mol. The fourth-order valence-corrected chi connectivity index (χ4v) is 2.98. The first-order valence-electron chi connectivity index (χ1n) is 9.07. The summed E-state index contributed by atoms with van der Waals surface area (Å²) in [5.41, 5.74) is 0.664. The molecule has 142 valence electrons. The van der Waals surface area contributed by atoms with Gasteiger partial charge in [0.1, 0.15) is 5.41 Å². The molecule has 1 aliphatic rings. The summed E-state index contributed by atoms with van der Waals surface area (Å²) in [5.74, 6) is 0.201. The zero-order valence-corrected chi connectivity index (χ0v) is 16.0. The Morgan fingerprint density at radius 2 is 1.59 bits per heavy atom. The van der Waals surface area contributed by atoms with E-state index in [1.807, 2.05) is 36.1 Å². The average molecular weight is 367 g/mol. The molecule has 1 aromatic heterocycles. The molecule has 0 atom stereocenters. The van der Waals surface area contributed by atoms with Gasteiger partial charge in [-0.1, -0.05) is 17.7 Å². The van der Waals surface area contributed by atoms with E-state index in [1.165, 1.54) is 0 Å². The number of aryl methyl sites for hydroxylation is 1. The summed E-state index contributed by atoms with van der Waals surface area (Å²) in [5, 5.41) is 2.85. The lowest BCUT2D eigenvalue weighted by Crippen LogP contribution is -2.54. The number of nitrogens with one attached hydrogen (secondary N) is 1. The van der Waals surface area contributed by atoms with Crippen LogP contribution in [0, 0.1) is 12.3 Å². The molecule has 1 aliphatic heterocycles. The van der Waals surface area contributed by atoms with E-state index in [1.54, 1.807) is 37.2 Å². The van der Waals surface area contributed by atoms with Gasteiger partial charge in [0.05, 0.1) is 0 Å². The molecule has 0 bridgehead atoms. The first-order valence-corrected chi connectivity index (χ1v) is 9.07. The number of rotatable bonds is 4. The standard InChI is InChI=1S/C20H25N5O2/c1-15-5-7-16(8-6-15)23-17(26)20(2,3)18(27)24-11-13-25(14-12-24)19-21-9-4-10-22-19/h4-10H,11-14H2,1-3H3,(H,23,26). The molecule has 2 aromatic rings. The lowest BCUT2D eigenvalue weighted by atomic mass is 9.89. The molecule has 0 aliphatic carbocycles. The highest BCUT2D eigenvalue weighted by molar-refractivity contribution is 6.09. The number of hydrogen-bond donors (Lipinski definition) is 1. The van der Waals surface area contributed by atoms with E-state index in [-0.39, 0.29) is 11.8 Å². The van der Waals surface area contributed by atoms with Gasteiger partial charge >= 0.3 is 0 Å². The minimum atomic E-state index is -1.14.